The summed E-state index contributed by atoms with van der Waals surface area (Å²) in [6.45, 7) is 11.7. The first kappa shape index (κ1) is 15.0. The van der Waals surface area contributed by atoms with Gasteiger partial charge in [0.15, 0.2) is 0 Å². The molecular formula is C16H27NO. The molecule has 0 spiro atoms. The van der Waals surface area contributed by atoms with Gasteiger partial charge >= 0.3 is 0 Å². The van der Waals surface area contributed by atoms with E-state index >= 15 is 0 Å². The maximum Gasteiger partial charge on any atom is 0.119 e. The molecule has 2 heteroatoms. The fourth-order valence-corrected chi connectivity index (χ4v) is 1.74. The molecule has 1 aromatic carbocycles. The van der Waals surface area contributed by atoms with Crippen molar-refractivity contribution >= 4 is 0 Å². The quantitative estimate of drug-likeness (QED) is 0.761. The standard InChI is InChI=1S/C16H27NO/c1-5-15-6-8-16(9-7-15)18-12-14(4)11-17-10-13(2)3/h6-9,13-14,17H,5,10-12H2,1-4H3. The molecule has 1 aromatic rings. The summed E-state index contributed by atoms with van der Waals surface area (Å²) in [5.74, 6) is 2.22. The molecule has 0 heterocycles. The van der Waals surface area contributed by atoms with Crippen LogP contribution in [0.1, 0.15) is 33.3 Å². The van der Waals surface area contributed by atoms with Crippen LogP contribution >= 0.6 is 0 Å². The largest absolute Gasteiger partial charge is 0.493 e. The molecular weight excluding hydrogens is 222 g/mol. The number of ether oxygens (including phenoxy) is 1. The van der Waals surface area contributed by atoms with Gasteiger partial charge < -0.3 is 10.1 Å². The molecule has 1 atom stereocenters. The number of rotatable bonds is 8. The second-order valence-corrected chi connectivity index (χ2v) is 5.47. The van der Waals surface area contributed by atoms with Crippen LogP contribution in [0, 0.1) is 11.8 Å². The van der Waals surface area contributed by atoms with Crippen LogP contribution < -0.4 is 10.1 Å². The summed E-state index contributed by atoms with van der Waals surface area (Å²) in [4.78, 5) is 0. The number of benzene rings is 1. The zero-order valence-electron chi connectivity index (χ0n) is 12.2. The molecule has 18 heavy (non-hydrogen) atoms. The van der Waals surface area contributed by atoms with Gasteiger partial charge in [-0.1, -0.05) is 39.8 Å². The lowest BCUT2D eigenvalue weighted by Gasteiger charge is -2.15. The monoisotopic (exact) mass is 249 g/mol. The molecule has 0 aliphatic rings. The Balaban J connectivity index is 2.22. The lowest BCUT2D eigenvalue weighted by atomic mass is 10.1. The van der Waals surface area contributed by atoms with Crippen molar-refractivity contribution in [1.29, 1.82) is 0 Å². The Bertz CT molecular complexity index is 318. The molecule has 0 saturated carbocycles. The van der Waals surface area contributed by atoms with Crippen LogP contribution in [0.3, 0.4) is 0 Å². The van der Waals surface area contributed by atoms with E-state index < -0.39 is 0 Å². The smallest absolute Gasteiger partial charge is 0.119 e. The summed E-state index contributed by atoms with van der Waals surface area (Å²) in [5, 5.41) is 3.46. The Morgan fingerprint density at radius 2 is 1.72 bits per heavy atom. The van der Waals surface area contributed by atoms with Gasteiger partial charge in [0.25, 0.3) is 0 Å². The molecule has 102 valence electrons. The Labute approximate surface area is 112 Å². The van der Waals surface area contributed by atoms with E-state index in [1.165, 1.54) is 5.56 Å². The van der Waals surface area contributed by atoms with E-state index in [-0.39, 0.29) is 0 Å². The van der Waals surface area contributed by atoms with E-state index in [1.54, 1.807) is 0 Å². The zero-order chi connectivity index (χ0) is 13.4. The summed E-state index contributed by atoms with van der Waals surface area (Å²) >= 11 is 0. The molecule has 1 rings (SSSR count). The van der Waals surface area contributed by atoms with Crippen LogP contribution in [0.15, 0.2) is 24.3 Å². The van der Waals surface area contributed by atoms with Crippen LogP contribution in [-0.2, 0) is 6.42 Å². The minimum atomic E-state index is 0.537. The molecule has 0 fully saturated rings. The van der Waals surface area contributed by atoms with Crippen LogP contribution in [-0.4, -0.2) is 19.7 Å². The normalized spacial score (nSPS) is 12.7. The van der Waals surface area contributed by atoms with Gasteiger partial charge in [0.1, 0.15) is 5.75 Å². The van der Waals surface area contributed by atoms with Crippen molar-refractivity contribution < 1.29 is 4.74 Å². The van der Waals surface area contributed by atoms with Gasteiger partial charge in [-0.15, -0.1) is 0 Å². The molecule has 1 unspecified atom stereocenters. The van der Waals surface area contributed by atoms with Crippen LogP contribution in [0.2, 0.25) is 0 Å². The van der Waals surface area contributed by atoms with Crippen LogP contribution in [0.25, 0.3) is 0 Å². The van der Waals surface area contributed by atoms with Crippen LogP contribution in [0.4, 0.5) is 0 Å². The van der Waals surface area contributed by atoms with Gasteiger partial charge in [-0.2, -0.15) is 0 Å². The predicted octanol–water partition coefficient (Wildman–Crippen LogP) is 3.51. The van der Waals surface area contributed by atoms with E-state index in [4.69, 9.17) is 4.74 Å². The molecule has 0 aromatic heterocycles. The molecule has 0 amide bonds. The lowest BCUT2D eigenvalue weighted by Crippen LogP contribution is -2.28. The average molecular weight is 249 g/mol. The molecule has 0 saturated heterocycles. The number of nitrogens with one attached hydrogen (secondary N) is 1. The SMILES string of the molecule is CCc1ccc(OCC(C)CNCC(C)C)cc1. The number of hydrogen-bond acceptors (Lipinski definition) is 2. The Morgan fingerprint density at radius 1 is 1.06 bits per heavy atom. The van der Waals surface area contributed by atoms with Crippen LogP contribution in [0.5, 0.6) is 5.75 Å². The summed E-state index contributed by atoms with van der Waals surface area (Å²) in [7, 11) is 0. The highest BCUT2D eigenvalue weighted by Gasteiger charge is 2.03. The fourth-order valence-electron chi connectivity index (χ4n) is 1.74. The third kappa shape index (κ3) is 6.06. The van der Waals surface area contributed by atoms with Gasteiger partial charge in [-0.05, 0) is 36.6 Å². The first-order valence-electron chi connectivity index (χ1n) is 7.04. The Kier molecular flexibility index (Phi) is 6.81. The first-order chi connectivity index (χ1) is 8.61. The topological polar surface area (TPSA) is 21.3 Å². The lowest BCUT2D eigenvalue weighted by molar-refractivity contribution is 0.254. The van der Waals surface area contributed by atoms with Gasteiger partial charge in [0.05, 0.1) is 6.61 Å². The molecule has 1 N–H and O–H groups in total. The number of aryl methyl sites for hydroxylation is 1. The number of hydrogen-bond donors (Lipinski definition) is 1. The summed E-state index contributed by atoms with van der Waals surface area (Å²) in [6, 6.07) is 8.40. The third-order valence-corrected chi connectivity index (χ3v) is 2.91. The fraction of sp³-hybridized carbons (Fsp3) is 0.625. The second-order valence-electron chi connectivity index (χ2n) is 5.47. The van der Waals surface area contributed by atoms with E-state index in [1.807, 2.05) is 0 Å². The highest BCUT2D eigenvalue weighted by molar-refractivity contribution is 5.27. The summed E-state index contributed by atoms with van der Waals surface area (Å²) < 4.78 is 5.78. The highest BCUT2D eigenvalue weighted by Crippen LogP contribution is 2.13. The molecule has 0 bridgehead atoms. The maximum absolute atomic E-state index is 5.78. The van der Waals surface area contributed by atoms with Crippen molar-refractivity contribution in [1.82, 2.24) is 5.32 Å². The second kappa shape index (κ2) is 8.15. The van der Waals surface area contributed by atoms with E-state index in [0.29, 0.717) is 11.8 Å². The average Bonchev–Trinajstić information content (AvgIpc) is 2.36. The minimum absolute atomic E-state index is 0.537. The summed E-state index contributed by atoms with van der Waals surface area (Å²) in [6.07, 6.45) is 1.08. The summed E-state index contributed by atoms with van der Waals surface area (Å²) in [5.41, 5.74) is 1.36. The van der Waals surface area contributed by atoms with E-state index in [0.717, 1.165) is 31.9 Å². The van der Waals surface area contributed by atoms with Crippen molar-refractivity contribution in [3.05, 3.63) is 29.8 Å². The maximum atomic E-state index is 5.78. The van der Waals surface area contributed by atoms with Crippen molar-refractivity contribution in [3.8, 4) is 5.75 Å². The van der Waals surface area contributed by atoms with Gasteiger partial charge in [0.2, 0.25) is 0 Å². The van der Waals surface area contributed by atoms with Crippen molar-refractivity contribution in [3.63, 3.8) is 0 Å². The Morgan fingerprint density at radius 3 is 2.28 bits per heavy atom. The zero-order valence-corrected chi connectivity index (χ0v) is 12.2. The highest BCUT2D eigenvalue weighted by atomic mass is 16.5. The molecule has 0 aliphatic heterocycles. The van der Waals surface area contributed by atoms with E-state index in [2.05, 4.69) is 57.3 Å². The molecule has 0 radical (unpaired) electrons. The third-order valence-electron chi connectivity index (χ3n) is 2.91. The predicted molar refractivity (Wildman–Crippen MR) is 78.2 cm³/mol. The Hall–Kier alpha value is -1.02. The molecule has 2 nitrogen and oxygen atoms in total. The van der Waals surface area contributed by atoms with Gasteiger partial charge in [-0.25, -0.2) is 0 Å². The first-order valence-corrected chi connectivity index (χ1v) is 7.04. The van der Waals surface area contributed by atoms with E-state index in [9.17, 15) is 0 Å². The minimum Gasteiger partial charge on any atom is -0.493 e. The van der Waals surface area contributed by atoms with Crippen molar-refractivity contribution in [2.24, 2.45) is 11.8 Å². The van der Waals surface area contributed by atoms with Crippen molar-refractivity contribution in [2.45, 2.75) is 34.1 Å². The van der Waals surface area contributed by atoms with Gasteiger partial charge in [0, 0.05) is 12.5 Å². The van der Waals surface area contributed by atoms with Gasteiger partial charge in [-0.3, -0.25) is 0 Å². The molecule has 0 aliphatic carbocycles. The van der Waals surface area contributed by atoms with Crippen molar-refractivity contribution in [2.75, 3.05) is 19.7 Å².